The SMILES string of the molecule is [241Am].[241Am].[Be+2].[Be+2].[Be+][Be][Be][Be][Be][Be][Be][Be][Be][Be][Be][Be][Be+].[H-].[H-].[H-].[H-].[H-].[H-]. The van der Waals surface area contributed by atoms with Gasteiger partial charge in [0, 0.05) is 28.6 Å². The van der Waals surface area contributed by atoms with Crippen LogP contribution in [0.1, 0.15) is 8.56 Å². The van der Waals surface area contributed by atoms with E-state index in [4.69, 9.17) is 0 Å². The van der Waals surface area contributed by atoms with Crippen LogP contribution in [0.4, 0.5) is 0 Å². The molecule has 0 rings (SSSR count). The van der Waals surface area contributed by atoms with E-state index in [0.29, 0.717) is 0 Å². The molecule has 0 fully saturated rings. The fourth-order valence-corrected chi connectivity index (χ4v) is 1.59. The normalized spacial score (nSPS) is 3.06. The topological polar surface area (TPSA) is 0 Å². The van der Waals surface area contributed by atoms with Gasteiger partial charge >= 0.3 is 127 Å². The Morgan fingerprint density at radius 2 is 0.647 bits per heavy atom. The first-order valence-electron chi connectivity index (χ1n) is 6.00. The van der Waals surface area contributed by atoms with E-state index in [2.05, 4.69) is 18.2 Å². The summed E-state index contributed by atoms with van der Waals surface area (Å²) >= 11 is 0. The number of hydrogen-bond acceptors (Lipinski definition) is 0. The van der Waals surface area contributed by atoms with E-state index in [1.807, 2.05) is 0 Å². The molecule has 0 heterocycles. The second kappa shape index (κ2) is 31.6. The quantitative estimate of drug-likeness (QED) is 0.169. The Morgan fingerprint density at radius 3 is 0.824 bits per heavy atom. The Hall–Kier alpha value is 3.31. The Kier molecular flexibility index (Phi) is 60.1. The second-order valence-corrected chi connectivity index (χ2v) is 3.89. The van der Waals surface area contributed by atoms with E-state index in [0.717, 1.165) is 16.2 Å². The van der Waals surface area contributed by atoms with Crippen molar-refractivity contribution in [1.29, 1.82) is 0 Å². The van der Waals surface area contributed by atoms with Crippen molar-refractivity contribution in [2.45, 2.75) is 0 Å². The standard InChI is InChI=1S/2Am.15Be.6H/q;;;;;;;;;;;;;2*+1;2*+2;6*-1/i2*1-2;;;;;;;;;;;;;;;;;;;;;. The van der Waals surface area contributed by atoms with Crippen LogP contribution < -0.4 is 0 Å². The van der Waals surface area contributed by atoms with Crippen molar-refractivity contribution in [3.05, 3.63) is 0 Å². The third-order valence-corrected chi connectivity index (χ3v) is 2.50. The maximum atomic E-state index is 3.85. The van der Waals surface area contributed by atoms with E-state index < -0.39 is 0 Å². The van der Waals surface area contributed by atoms with Crippen LogP contribution in [0.5, 0.6) is 0 Å². The van der Waals surface area contributed by atoms with Gasteiger partial charge in [-0.05, 0) is 0 Å². The van der Waals surface area contributed by atoms with Gasteiger partial charge in [-0.1, -0.05) is 0 Å². The Labute approximate surface area is 163 Å². The van der Waals surface area contributed by atoms with Crippen molar-refractivity contribution in [3.63, 3.8) is 0 Å². The van der Waals surface area contributed by atoms with Gasteiger partial charge in [0.2, 0.25) is 0 Å². The first-order valence-corrected chi connectivity index (χ1v) is 6.00. The van der Waals surface area contributed by atoms with Crippen molar-refractivity contribution >= 4 is 127 Å². The van der Waals surface area contributed by atoms with E-state index in [9.17, 15) is 0 Å². The molecule has 0 aromatic heterocycles. The molecule has 0 saturated carbocycles. The average Bonchev–Trinajstić information content (AvgIpc) is 2.16. The van der Waals surface area contributed by atoms with Gasteiger partial charge in [0.05, 0.1) is 0 Å². The van der Waals surface area contributed by atoms with Crippen LogP contribution in [0, 0.1) is 28.6 Å². The summed E-state index contributed by atoms with van der Waals surface area (Å²) in [4.78, 5) is 0. The molecule has 0 aromatic carbocycles. The molecule has 0 nitrogen and oxygen atoms in total. The van der Waals surface area contributed by atoms with Crippen molar-refractivity contribution in [2.24, 2.45) is 0 Å². The van der Waals surface area contributed by atoms with Crippen molar-refractivity contribution in [3.8, 4) is 0 Å². The third-order valence-electron chi connectivity index (χ3n) is 2.50. The van der Waals surface area contributed by atoms with E-state index in [1.165, 1.54) is 72.8 Å². The van der Waals surface area contributed by atoms with Gasteiger partial charge in [0.25, 0.3) is 0 Å². The van der Waals surface area contributed by atoms with Crippen LogP contribution in [0.15, 0.2) is 0 Å². The van der Waals surface area contributed by atoms with Gasteiger partial charge in [0.15, 0.2) is 0 Å². The van der Waals surface area contributed by atoms with Crippen LogP contribution >= 0.6 is 0 Å². The third kappa shape index (κ3) is 32.7. The molecule has 0 bridgehead atoms. The fraction of sp³-hybridized carbons (Fsp3) is 0. The molecule has 0 aliphatic carbocycles. The summed E-state index contributed by atoms with van der Waals surface area (Å²) in [6, 6.07) is 0. The molecule has 17 heteroatoms. The molecule has 0 unspecified atom stereocenters. The molecule has 0 atom stereocenters. The number of rotatable bonds is 10. The summed E-state index contributed by atoms with van der Waals surface area (Å²) in [5, 5.41) is 0. The molecular formula is H6Am2Be15. The first kappa shape index (κ1) is 32.3. The zero-order valence-electron chi connectivity index (χ0n) is 17.4. The van der Waals surface area contributed by atoms with Crippen LogP contribution in [-0.2, 0) is 0 Å². The van der Waals surface area contributed by atoms with Gasteiger partial charge in [-0.3, -0.25) is 0 Å². The fourth-order valence-electron chi connectivity index (χ4n) is 1.59. The summed E-state index contributed by atoms with van der Waals surface area (Å²) in [6.45, 7) is 0. The zero-order valence-corrected chi connectivity index (χ0v) is 17.7. The van der Waals surface area contributed by atoms with Gasteiger partial charge in [-0.25, -0.2) is 0 Å². The smallest absolute Gasteiger partial charge is 1.00 e. The largest absolute Gasteiger partial charge is 1.00 e. The summed E-state index contributed by atoms with van der Waals surface area (Å²) in [7, 11) is 22.5. The molecule has 0 aromatic rings. The predicted molar refractivity (Wildman–Crippen MR) is 93.0 cm³/mol. The average molecular weight is 623 g/mol. The monoisotopic (exact) mass is 623 g/mol. The summed E-state index contributed by atoms with van der Waals surface area (Å²) in [5.74, 6) is 0. The summed E-state index contributed by atoms with van der Waals surface area (Å²) in [5.41, 5.74) is 0. The van der Waals surface area contributed by atoms with Crippen LogP contribution in [0.2, 0.25) is 0 Å². The van der Waals surface area contributed by atoms with E-state index in [-0.39, 0.29) is 57.4 Å². The minimum atomic E-state index is 0. The van der Waals surface area contributed by atoms with Gasteiger partial charge < -0.3 is 8.56 Å². The van der Waals surface area contributed by atoms with Gasteiger partial charge in [0.1, 0.15) is 0 Å². The van der Waals surface area contributed by atoms with Crippen molar-refractivity contribution < 1.29 is 37.1 Å². The molecule has 50 valence electrons. The van der Waals surface area contributed by atoms with E-state index in [1.54, 1.807) is 0 Å². The summed E-state index contributed by atoms with van der Waals surface area (Å²) in [6.07, 6.45) is 0. The molecule has 0 saturated heterocycles. The zero-order chi connectivity index (χ0) is 9.78. The minimum absolute atomic E-state index is 0. The van der Waals surface area contributed by atoms with Crippen molar-refractivity contribution in [2.75, 3.05) is 0 Å². The molecular weight excluding hydrogens is 617 g/mol. The van der Waals surface area contributed by atoms with Gasteiger partial charge in [-0.15, -0.1) is 0 Å². The predicted octanol–water partition coefficient (Wildman–Crippen LogP) is -5.04. The molecule has 0 aliphatic rings. The maximum absolute atomic E-state index is 3.85. The molecule has 2 radical (unpaired) electrons. The molecule has 0 aliphatic heterocycles. The maximum Gasteiger partial charge on any atom is -1.00 e. The van der Waals surface area contributed by atoms with Crippen LogP contribution in [0.3, 0.4) is 0 Å². The van der Waals surface area contributed by atoms with Gasteiger partial charge in [-0.2, -0.15) is 0 Å². The van der Waals surface area contributed by atoms with E-state index >= 15 is 0 Å². The summed E-state index contributed by atoms with van der Waals surface area (Å²) < 4.78 is 0. The second-order valence-electron chi connectivity index (χ2n) is 3.89. The van der Waals surface area contributed by atoms with Crippen LogP contribution in [-0.4, -0.2) is 127 Å². The molecule has 0 spiro atoms. The molecule has 0 N–H and O–H groups in total. The van der Waals surface area contributed by atoms with Crippen LogP contribution in [0.25, 0.3) is 0 Å². The first-order chi connectivity index (χ1) is 6.41. The Balaban J connectivity index is -0.0000000160. The number of hydrogen-bond donors (Lipinski definition) is 0. The Morgan fingerprint density at radius 1 is 0.471 bits per heavy atom. The Bertz CT molecular complexity index is 94.0. The molecule has 0 amide bonds. The minimum Gasteiger partial charge on any atom is -1.00 e. The molecule has 17 heavy (non-hydrogen) atoms. The van der Waals surface area contributed by atoms with Crippen molar-refractivity contribution in [1.82, 2.24) is 0 Å².